The molecule has 1 aromatic rings. The number of hydrogen-bond acceptors (Lipinski definition) is 3. The van der Waals surface area contributed by atoms with E-state index in [1.807, 2.05) is 19.0 Å². The van der Waals surface area contributed by atoms with Crippen LogP contribution in [0.1, 0.15) is 36.0 Å². The Morgan fingerprint density at radius 2 is 1.95 bits per heavy atom. The highest BCUT2D eigenvalue weighted by Crippen LogP contribution is 2.37. The number of hydrogen-bond donors (Lipinski definition) is 0. The van der Waals surface area contributed by atoms with Gasteiger partial charge < -0.3 is 4.74 Å². The van der Waals surface area contributed by atoms with E-state index in [-0.39, 0.29) is 11.5 Å². The molecule has 0 atom stereocenters. The summed E-state index contributed by atoms with van der Waals surface area (Å²) >= 11 is 0. The average molecular weight is 265 g/mol. The van der Waals surface area contributed by atoms with Gasteiger partial charge in [0.25, 0.3) is 0 Å². The van der Waals surface area contributed by atoms with Crippen molar-refractivity contribution in [3.05, 3.63) is 29.6 Å². The molecule has 1 saturated carbocycles. The third-order valence-corrected chi connectivity index (χ3v) is 4.12. The largest absolute Gasteiger partial charge is 0.494 e. The number of Topliss-reactive ketones (excluding diaryl/α,β-unsaturated/α-hetero) is 1. The Balaban J connectivity index is 2.35. The quantitative estimate of drug-likeness (QED) is 0.784. The minimum absolute atomic E-state index is 0.0107. The fourth-order valence-electron chi connectivity index (χ4n) is 2.91. The molecule has 104 valence electrons. The van der Waals surface area contributed by atoms with E-state index in [0.717, 1.165) is 25.7 Å². The van der Waals surface area contributed by atoms with Crippen molar-refractivity contribution in [3.63, 3.8) is 0 Å². The molecule has 0 amide bonds. The van der Waals surface area contributed by atoms with Crippen LogP contribution in [0.15, 0.2) is 18.2 Å². The van der Waals surface area contributed by atoms with E-state index >= 15 is 0 Å². The number of ketones is 1. The lowest BCUT2D eigenvalue weighted by atomic mass is 9.86. The maximum atomic E-state index is 13.7. The van der Waals surface area contributed by atoms with Crippen molar-refractivity contribution in [2.75, 3.05) is 21.2 Å². The van der Waals surface area contributed by atoms with Gasteiger partial charge in [-0.1, -0.05) is 12.8 Å². The maximum absolute atomic E-state index is 13.7. The predicted octanol–water partition coefficient (Wildman–Crippen LogP) is 2.89. The summed E-state index contributed by atoms with van der Waals surface area (Å²) in [4.78, 5) is 14.7. The van der Waals surface area contributed by atoms with Gasteiger partial charge in [0.2, 0.25) is 0 Å². The highest BCUT2D eigenvalue weighted by Gasteiger charge is 2.43. The van der Waals surface area contributed by atoms with E-state index in [1.165, 1.54) is 19.2 Å². The third kappa shape index (κ3) is 2.37. The van der Waals surface area contributed by atoms with E-state index < -0.39 is 11.4 Å². The molecule has 1 aliphatic carbocycles. The summed E-state index contributed by atoms with van der Waals surface area (Å²) in [7, 11) is 5.25. The average Bonchev–Trinajstić information content (AvgIpc) is 2.88. The first-order valence-electron chi connectivity index (χ1n) is 6.57. The first-order chi connectivity index (χ1) is 9.01. The van der Waals surface area contributed by atoms with Crippen molar-refractivity contribution in [1.29, 1.82) is 0 Å². The second-order valence-electron chi connectivity index (χ2n) is 5.31. The van der Waals surface area contributed by atoms with Crippen LogP contribution < -0.4 is 4.74 Å². The molecule has 0 aromatic heterocycles. The van der Waals surface area contributed by atoms with Crippen LogP contribution in [0.5, 0.6) is 5.75 Å². The van der Waals surface area contributed by atoms with Gasteiger partial charge in [-0.15, -0.1) is 0 Å². The van der Waals surface area contributed by atoms with Crippen LogP contribution in [0.4, 0.5) is 4.39 Å². The topological polar surface area (TPSA) is 29.5 Å². The van der Waals surface area contributed by atoms with Crippen LogP contribution in [-0.2, 0) is 0 Å². The molecule has 1 fully saturated rings. The summed E-state index contributed by atoms with van der Waals surface area (Å²) in [5.74, 6) is -0.307. The Bertz CT molecular complexity index is 479. The van der Waals surface area contributed by atoms with Gasteiger partial charge in [0.15, 0.2) is 17.3 Å². The lowest BCUT2D eigenvalue weighted by Crippen LogP contribution is -2.48. The number of rotatable bonds is 4. The van der Waals surface area contributed by atoms with Gasteiger partial charge in [0, 0.05) is 5.56 Å². The number of carbonyl (C=O) groups is 1. The number of methoxy groups -OCH3 is 1. The van der Waals surface area contributed by atoms with Gasteiger partial charge >= 0.3 is 0 Å². The molecule has 0 radical (unpaired) electrons. The number of benzene rings is 1. The lowest BCUT2D eigenvalue weighted by molar-refractivity contribution is 0.0693. The Morgan fingerprint density at radius 3 is 2.42 bits per heavy atom. The zero-order chi connectivity index (χ0) is 14.0. The number of nitrogens with zero attached hydrogens (tertiary/aromatic N) is 1. The summed E-state index contributed by atoms with van der Waals surface area (Å²) in [6.07, 6.45) is 3.77. The Morgan fingerprint density at radius 1 is 1.32 bits per heavy atom. The molecule has 0 spiro atoms. The van der Waals surface area contributed by atoms with Gasteiger partial charge in [-0.25, -0.2) is 4.39 Å². The van der Waals surface area contributed by atoms with Crippen LogP contribution in [0.2, 0.25) is 0 Å². The molecule has 0 N–H and O–H groups in total. The lowest BCUT2D eigenvalue weighted by Gasteiger charge is -2.34. The number of carbonyl (C=O) groups excluding carboxylic acids is 1. The van der Waals surface area contributed by atoms with Gasteiger partial charge in [0.1, 0.15) is 0 Å². The molecule has 4 heteroatoms. The molecule has 3 nitrogen and oxygen atoms in total. The van der Waals surface area contributed by atoms with E-state index in [0.29, 0.717) is 5.56 Å². The third-order valence-electron chi connectivity index (χ3n) is 4.12. The van der Waals surface area contributed by atoms with Crippen molar-refractivity contribution in [1.82, 2.24) is 4.90 Å². The van der Waals surface area contributed by atoms with Crippen LogP contribution >= 0.6 is 0 Å². The maximum Gasteiger partial charge on any atom is 0.183 e. The van der Waals surface area contributed by atoms with Crippen molar-refractivity contribution < 1.29 is 13.9 Å². The van der Waals surface area contributed by atoms with Crippen molar-refractivity contribution in [3.8, 4) is 5.75 Å². The minimum Gasteiger partial charge on any atom is -0.494 e. The van der Waals surface area contributed by atoms with E-state index in [9.17, 15) is 9.18 Å². The standard InChI is InChI=1S/C15H20FNO2/c1-17(2)15(8-4-5-9-15)14(18)11-6-7-13(19-3)12(16)10-11/h6-7,10H,4-5,8-9H2,1-3H3. The molecular formula is C15H20FNO2. The molecule has 2 rings (SSSR count). The van der Waals surface area contributed by atoms with Crippen molar-refractivity contribution in [2.24, 2.45) is 0 Å². The molecule has 19 heavy (non-hydrogen) atoms. The summed E-state index contributed by atoms with van der Waals surface area (Å²) < 4.78 is 18.6. The van der Waals surface area contributed by atoms with Crippen molar-refractivity contribution >= 4 is 5.78 Å². The van der Waals surface area contributed by atoms with E-state index in [1.54, 1.807) is 6.07 Å². The SMILES string of the molecule is COc1ccc(C(=O)C2(N(C)C)CCCC2)cc1F. The monoisotopic (exact) mass is 265 g/mol. The molecule has 0 bridgehead atoms. The highest BCUT2D eigenvalue weighted by atomic mass is 19.1. The summed E-state index contributed by atoms with van der Waals surface area (Å²) in [5, 5.41) is 0. The molecule has 0 aliphatic heterocycles. The minimum atomic E-state index is -0.486. The first-order valence-corrected chi connectivity index (χ1v) is 6.57. The summed E-state index contributed by atoms with van der Waals surface area (Å²) in [5.41, 5.74) is -0.0463. The normalized spacial score (nSPS) is 17.7. The van der Waals surface area contributed by atoms with Gasteiger partial charge in [-0.3, -0.25) is 9.69 Å². The predicted molar refractivity (Wildman–Crippen MR) is 72.2 cm³/mol. The highest BCUT2D eigenvalue weighted by molar-refractivity contribution is 6.03. The van der Waals surface area contributed by atoms with E-state index in [4.69, 9.17) is 4.74 Å². The van der Waals surface area contributed by atoms with Gasteiger partial charge in [-0.2, -0.15) is 0 Å². The number of ether oxygens (including phenoxy) is 1. The molecule has 0 unspecified atom stereocenters. The number of halogens is 1. The summed E-state index contributed by atoms with van der Waals surface area (Å²) in [6, 6.07) is 4.44. The van der Waals surface area contributed by atoms with Crippen molar-refractivity contribution in [2.45, 2.75) is 31.2 Å². The molecule has 1 aromatic carbocycles. The molecular weight excluding hydrogens is 245 g/mol. The van der Waals surface area contributed by atoms with Crippen LogP contribution in [0, 0.1) is 5.82 Å². The van der Waals surface area contributed by atoms with Crippen LogP contribution in [0.3, 0.4) is 0 Å². The Hall–Kier alpha value is -1.42. The molecule has 0 saturated heterocycles. The fourth-order valence-corrected chi connectivity index (χ4v) is 2.91. The second kappa shape index (κ2) is 5.29. The fraction of sp³-hybridized carbons (Fsp3) is 0.533. The molecule has 0 heterocycles. The van der Waals surface area contributed by atoms with Crippen LogP contribution in [0.25, 0.3) is 0 Å². The summed E-state index contributed by atoms with van der Waals surface area (Å²) in [6.45, 7) is 0. The zero-order valence-electron chi connectivity index (χ0n) is 11.7. The second-order valence-corrected chi connectivity index (χ2v) is 5.31. The van der Waals surface area contributed by atoms with Gasteiger partial charge in [-0.05, 0) is 45.1 Å². The Labute approximate surface area is 113 Å². The van der Waals surface area contributed by atoms with Crippen LogP contribution in [-0.4, -0.2) is 37.4 Å². The number of likely N-dealkylation sites (N-methyl/N-ethyl adjacent to an activating group) is 1. The Kier molecular flexibility index (Phi) is 3.90. The molecule has 1 aliphatic rings. The van der Waals surface area contributed by atoms with E-state index in [2.05, 4.69) is 0 Å². The zero-order valence-corrected chi connectivity index (χ0v) is 11.7. The van der Waals surface area contributed by atoms with Gasteiger partial charge in [0.05, 0.1) is 12.6 Å². The first kappa shape index (κ1) is 14.0. The smallest absolute Gasteiger partial charge is 0.183 e.